The lowest BCUT2D eigenvalue weighted by atomic mass is 9.92. The van der Waals surface area contributed by atoms with E-state index in [1.165, 1.54) is 32.1 Å². The van der Waals surface area contributed by atoms with Gasteiger partial charge in [-0.05, 0) is 38.5 Å². The molecule has 2 N–H and O–H groups in total. The SMILES string of the molecule is CN(C)C(=O)CN=C(NCC1CCCO1)NC1CCN(C2CCCCC2)CC1. The molecule has 160 valence electrons. The number of rotatable bonds is 6. The predicted molar refractivity (Wildman–Crippen MR) is 113 cm³/mol. The molecule has 3 aliphatic rings. The van der Waals surface area contributed by atoms with Crippen molar-refractivity contribution < 1.29 is 9.53 Å². The monoisotopic (exact) mass is 393 g/mol. The van der Waals surface area contributed by atoms with Gasteiger partial charge in [-0.15, -0.1) is 0 Å². The topological polar surface area (TPSA) is 69.2 Å². The van der Waals surface area contributed by atoms with Crippen molar-refractivity contribution in [3.63, 3.8) is 0 Å². The van der Waals surface area contributed by atoms with Crippen LogP contribution in [0.3, 0.4) is 0 Å². The number of aliphatic imine (C=N–C) groups is 1. The van der Waals surface area contributed by atoms with Crippen molar-refractivity contribution in [3.8, 4) is 0 Å². The molecule has 2 saturated heterocycles. The Hall–Kier alpha value is -1.34. The van der Waals surface area contributed by atoms with Crippen LogP contribution in [0.4, 0.5) is 0 Å². The number of carbonyl (C=O) groups is 1. The van der Waals surface area contributed by atoms with Crippen LogP contribution in [0.15, 0.2) is 4.99 Å². The number of nitrogens with zero attached hydrogens (tertiary/aromatic N) is 3. The Kier molecular flexibility index (Phi) is 8.40. The molecule has 0 aromatic carbocycles. The van der Waals surface area contributed by atoms with Gasteiger partial charge in [0.15, 0.2) is 5.96 Å². The molecule has 1 saturated carbocycles. The largest absolute Gasteiger partial charge is 0.376 e. The smallest absolute Gasteiger partial charge is 0.243 e. The lowest BCUT2D eigenvalue weighted by molar-refractivity contribution is -0.127. The Morgan fingerprint density at radius 2 is 1.82 bits per heavy atom. The minimum absolute atomic E-state index is 0.0188. The van der Waals surface area contributed by atoms with Crippen molar-refractivity contribution in [1.29, 1.82) is 0 Å². The molecule has 0 spiro atoms. The number of piperidine rings is 1. The molecule has 7 nitrogen and oxygen atoms in total. The second-order valence-electron chi connectivity index (χ2n) is 8.72. The van der Waals surface area contributed by atoms with Gasteiger partial charge in [0.1, 0.15) is 6.54 Å². The van der Waals surface area contributed by atoms with E-state index in [1.807, 2.05) is 0 Å². The summed E-state index contributed by atoms with van der Waals surface area (Å²) in [6, 6.07) is 1.23. The van der Waals surface area contributed by atoms with Gasteiger partial charge < -0.3 is 25.2 Å². The normalized spacial score (nSPS) is 25.6. The van der Waals surface area contributed by atoms with E-state index in [0.717, 1.165) is 63.9 Å². The van der Waals surface area contributed by atoms with Crippen molar-refractivity contribution in [1.82, 2.24) is 20.4 Å². The van der Waals surface area contributed by atoms with E-state index in [9.17, 15) is 4.79 Å². The zero-order valence-corrected chi connectivity index (χ0v) is 17.8. The van der Waals surface area contributed by atoms with Crippen molar-refractivity contribution in [3.05, 3.63) is 0 Å². The maximum atomic E-state index is 11.9. The number of nitrogens with one attached hydrogen (secondary N) is 2. The van der Waals surface area contributed by atoms with Crippen LogP contribution in [-0.2, 0) is 9.53 Å². The van der Waals surface area contributed by atoms with Gasteiger partial charge in [0.2, 0.25) is 5.91 Å². The third-order valence-corrected chi connectivity index (χ3v) is 6.35. The predicted octanol–water partition coefficient (Wildman–Crippen LogP) is 1.59. The van der Waals surface area contributed by atoms with E-state index >= 15 is 0 Å². The van der Waals surface area contributed by atoms with Crippen LogP contribution in [0.1, 0.15) is 57.8 Å². The number of likely N-dealkylation sites (tertiary alicyclic amines) is 1. The Balaban J connectivity index is 1.48. The van der Waals surface area contributed by atoms with Gasteiger partial charge in [0.05, 0.1) is 6.10 Å². The zero-order chi connectivity index (χ0) is 19.8. The molecule has 0 bridgehead atoms. The highest BCUT2D eigenvalue weighted by Crippen LogP contribution is 2.25. The minimum Gasteiger partial charge on any atom is -0.376 e. The summed E-state index contributed by atoms with van der Waals surface area (Å²) in [6.07, 6.45) is 11.7. The van der Waals surface area contributed by atoms with Crippen molar-refractivity contribution in [2.75, 3.05) is 46.9 Å². The molecule has 3 rings (SSSR count). The number of ether oxygens (including phenoxy) is 1. The maximum Gasteiger partial charge on any atom is 0.243 e. The Morgan fingerprint density at radius 1 is 1.07 bits per heavy atom. The molecule has 28 heavy (non-hydrogen) atoms. The van der Waals surface area contributed by atoms with Crippen LogP contribution in [0, 0.1) is 0 Å². The quantitative estimate of drug-likeness (QED) is 0.530. The first kappa shape index (κ1) is 21.4. The third kappa shape index (κ3) is 6.62. The highest BCUT2D eigenvalue weighted by Gasteiger charge is 2.26. The summed E-state index contributed by atoms with van der Waals surface area (Å²) in [6.45, 7) is 4.11. The number of hydrogen-bond donors (Lipinski definition) is 2. The summed E-state index contributed by atoms with van der Waals surface area (Å²) in [4.78, 5) is 20.8. The zero-order valence-electron chi connectivity index (χ0n) is 17.8. The summed E-state index contributed by atoms with van der Waals surface area (Å²) < 4.78 is 5.71. The Morgan fingerprint density at radius 3 is 2.46 bits per heavy atom. The molecule has 2 heterocycles. The van der Waals surface area contributed by atoms with E-state index in [2.05, 4.69) is 20.5 Å². The lowest BCUT2D eigenvalue weighted by Gasteiger charge is -2.39. The first-order chi connectivity index (χ1) is 13.6. The molecule has 1 amide bonds. The molecule has 3 fully saturated rings. The van der Waals surface area contributed by atoms with E-state index < -0.39 is 0 Å². The molecule has 0 aromatic rings. The number of likely N-dealkylation sites (N-methyl/N-ethyl adjacent to an activating group) is 1. The molecule has 1 unspecified atom stereocenters. The maximum absolute atomic E-state index is 11.9. The van der Waals surface area contributed by atoms with Gasteiger partial charge in [-0.3, -0.25) is 4.79 Å². The molecule has 7 heteroatoms. The van der Waals surface area contributed by atoms with Crippen molar-refractivity contribution in [2.24, 2.45) is 4.99 Å². The number of hydrogen-bond acceptors (Lipinski definition) is 4. The van der Waals surface area contributed by atoms with E-state index in [4.69, 9.17) is 4.74 Å². The van der Waals surface area contributed by atoms with E-state index in [1.54, 1.807) is 19.0 Å². The fourth-order valence-electron chi connectivity index (χ4n) is 4.51. The fraction of sp³-hybridized carbons (Fsp3) is 0.905. The van der Waals surface area contributed by atoms with E-state index in [0.29, 0.717) is 6.04 Å². The molecule has 1 aliphatic carbocycles. The standard InChI is InChI=1S/C21H39N5O2/c1-25(2)20(27)16-23-21(22-15-19-9-6-14-28-19)24-17-10-12-26(13-11-17)18-7-4-3-5-8-18/h17-19H,3-16H2,1-2H3,(H2,22,23,24). The molecule has 0 radical (unpaired) electrons. The number of guanidine groups is 1. The average molecular weight is 394 g/mol. The first-order valence-corrected chi connectivity index (χ1v) is 11.2. The van der Waals surface area contributed by atoms with Gasteiger partial charge in [-0.25, -0.2) is 4.99 Å². The van der Waals surface area contributed by atoms with Crippen LogP contribution < -0.4 is 10.6 Å². The first-order valence-electron chi connectivity index (χ1n) is 11.2. The Bertz CT molecular complexity index is 505. The van der Waals surface area contributed by atoms with Crippen LogP contribution in [-0.4, -0.2) is 86.7 Å². The van der Waals surface area contributed by atoms with Gasteiger partial charge in [0, 0.05) is 52.4 Å². The van der Waals surface area contributed by atoms with Crippen LogP contribution >= 0.6 is 0 Å². The summed E-state index contributed by atoms with van der Waals surface area (Å²) >= 11 is 0. The van der Waals surface area contributed by atoms with Crippen LogP contribution in [0.25, 0.3) is 0 Å². The molecule has 2 aliphatic heterocycles. The molecular weight excluding hydrogens is 354 g/mol. The van der Waals surface area contributed by atoms with Crippen molar-refractivity contribution >= 4 is 11.9 Å². The van der Waals surface area contributed by atoms with E-state index in [-0.39, 0.29) is 18.6 Å². The molecule has 0 aromatic heterocycles. The van der Waals surface area contributed by atoms with Gasteiger partial charge in [-0.1, -0.05) is 19.3 Å². The fourth-order valence-corrected chi connectivity index (χ4v) is 4.51. The number of amides is 1. The summed E-state index contributed by atoms with van der Waals surface area (Å²) in [5, 5.41) is 6.99. The van der Waals surface area contributed by atoms with Gasteiger partial charge in [0.25, 0.3) is 0 Å². The number of carbonyl (C=O) groups excluding carboxylic acids is 1. The lowest BCUT2D eigenvalue weighted by Crippen LogP contribution is -2.51. The minimum atomic E-state index is 0.0188. The highest BCUT2D eigenvalue weighted by atomic mass is 16.5. The van der Waals surface area contributed by atoms with Gasteiger partial charge in [-0.2, -0.15) is 0 Å². The van der Waals surface area contributed by atoms with Crippen LogP contribution in [0.5, 0.6) is 0 Å². The summed E-state index contributed by atoms with van der Waals surface area (Å²) in [5.74, 6) is 0.771. The second kappa shape index (κ2) is 11.0. The average Bonchev–Trinajstić information content (AvgIpc) is 3.24. The third-order valence-electron chi connectivity index (χ3n) is 6.35. The van der Waals surface area contributed by atoms with Crippen LogP contribution in [0.2, 0.25) is 0 Å². The van der Waals surface area contributed by atoms with Gasteiger partial charge >= 0.3 is 0 Å². The highest BCUT2D eigenvalue weighted by molar-refractivity contribution is 5.84. The molecular formula is C21H39N5O2. The summed E-state index contributed by atoms with van der Waals surface area (Å²) in [5.41, 5.74) is 0. The van der Waals surface area contributed by atoms with Crippen molar-refractivity contribution in [2.45, 2.75) is 76.0 Å². The second-order valence-corrected chi connectivity index (χ2v) is 8.72. The molecule has 1 atom stereocenters. The Labute approximate surface area is 170 Å². The summed E-state index contributed by atoms with van der Waals surface area (Å²) in [7, 11) is 3.54.